The molecular weight excluding hydrogens is 422 g/mol. The maximum Gasteiger partial charge on any atom is 0.283 e. The third kappa shape index (κ3) is 4.69. The van der Waals surface area contributed by atoms with Crippen molar-refractivity contribution in [1.82, 2.24) is 9.80 Å². The van der Waals surface area contributed by atoms with Crippen LogP contribution in [0.15, 0.2) is 83.8 Å². The molecule has 1 heterocycles. The van der Waals surface area contributed by atoms with Gasteiger partial charge in [-0.3, -0.25) is 19.8 Å². The Bertz CT molecular complexity index is 1040. The zero-order valence-corrected chi connectivity index (χ0v) is 18.7. The minimum Gasteiger partial charge on any atom is -0.336 e. The topological polar surface area (TPSA) is 66.7 Å². The first-order valence-corrected chi connectivity index (χ1v) is 11.8. The summed E-state index contributed by atoms with van der Waals surface area (Å²) in [6, 6.07) is 25.7. The third-order valence-electron chi connectivity index (χ3n) is 5.82. The van der Waals surface area contributed by atoms with Crippen LogP contribution in [0.4, 0.5) is 5.69 Å². The lowest BCUT2D eigenvalue weighted by atomic mass is 9.96. The molecule has 0 spiro atoms. The van der Waals surface area contributed by atoms with Gasteiger partial charge in [0.1, 0.15) is 0 Å². The van der Waals surface area contributed by atoms with Crippen molar-refractivity contribution >= 4 is 23.4 Å². The average Bonchev–Trinajstić information content (AvgIpc) is 2.85. The highest BCUT2D eigenvalue weighted by molar-refractivity contribution is 7.98. The van der Waals surface area contributed by atoms with Crippen LogP contribution in [0.1, 0.15) is 27.5 Å². The molecule has 0 N–H and O–H groups in total. The first kappa shape index (κ1) is 22.0. The van der Waals surface area contributed by atoms with Crippen LogP contribution in [0, 0.1) is 10.1 Å². The first-order valence-electron chi connectivity index (χ1n) is 10.5. The van der Waals surface area contributed by atoms with Gasteiger partial charge in [0.15, 0.2) is 0 Å². The van der Waals surface area contributed by atoms with Crippen LogP contribution in [-0.4, -0.2) is 53.1 Å². The fourth-order valence-electron chi connectivity index (χ4n) is 4.22. The largest absolute Gasteiger partial charge is 0.336 e. The molecule has 1 saturated heterocycles. The maximum absolute atomic E-state index is 13.1. The number of carbonyl (C=O) groups is 1. The highest BCUT2D eigenvalue weighted by Gasteiger charge is 2.29. The van der Waals surface area contributed by atoms with Gasteiger partial charge in [0.25, 0.3) is 11.6 Å². The zero-order valence-electron chi connectivity index (χ0n) is 17.9. The number of thioether (sulfide) groups is 1. The molecule has 0 saturated carbocycles. The molecule has 32 heavy (non-hydrogen) atoms. The predicted octanol–water partition coefficient (Wildman–Crippen LogP) is 4.86. The summed E-state index contributed by atoms with van der Waals surface area (Å²) >= 11 is 1.31. The first-order chi connectivity index (χ1) is 15.6. The lowest BCUT2D eigenvalue weighted by Gasteiger charge is -2.39. The van der Waals surface area contributed by atoms with E-state index >= 15 is 0 Å². The van der Waals surface area contributed by atoms with Crippen molar-refractivity contribution in [2.24, 2.45) is 0 Å². The van der Waals surface area contributed by atoms with Crippen LogP contribution >= 0.6 is 11.8 Å². The van der Waals surface area contributed by atoms with Crippen molar-refractivity contribution in [3.8, 4) is 0 Å². The number of hydrogen-bond donors (Lipinski definition) is 0. The molecule has 1 aliphatic heterocycles. The third-order valence-corrected chi connectivity index (χ3v) is 6.60. The van der Waals surface area contributed by atoms with Crippen molar-refractivity contribution in [3.05, 3.63) is 106 Å². The predicted molar refractivity (Wildman–Crippen MR) is 127 cm³/mol. The number of nitro benzene ring substituents is 1. The Morgan fingerprint density at radius 2 is 1.47 bits per heavy atom. The molecule has 6 nitrogen and oxygen atoms in total. The van der Waals surface area contributed by atoms with Gasteiger partial charge in [0.2, 0.25) is 0 Å². The summed E-state index contributed by atoms with van der Waals surface area (Å²) in [6.07, 6.45) is 1.79. The van der Waals surface area contributed by atoms with E-state index in [1.807, 2.05) is 12.1 Å². The second kappa shape index (κ2) is 9.97. The van der Waals surface area contributed by atoms with Crippen molar-refractivity contribution in [2.45, 2.75) is 10.9 Å². The Morgan fingerprint density at radius 3 is 1.97 bits per heavy atom. The number of nitro groups is 1. The second-order valence-corrected chi connectivity index (χ2v) is 8.54. The number of amides is 1. The van der Waals surface area contributed by atoms with Crippen LogP contribution in [-0.2, 0) is 0 Å². The van der Waals surface area contributed by atoms with E-state index in [0.29, 0.717) is 23.5 Å². The summed E-state index contributed by atoms with van der Waals surface area (Å²) in [4.78, 5) is 28.8. The van der Waals surface area contributed by atoms with Gasteiger partial charge < -0.3 is 4.90 Å². The van der Waals surface area contributed by atoms with Gasteiger partial charge in [0.05, 0.1) is 15.9 Å². The molecule has 0 atom stereocenters. The highest BCUT2D eigenvalue weighted by atomic mass is 32.2. The van der Waals surface area contributed by atoms with E-state index in [1.165, 1.54) is 29.0 Å². The van der Waals surface area contributed by atoms with Crippen LogP contribution < -0.4 is 0 Å². The van der Waals surface area contributed by atoms with Crippen LogP contribution in [0.2, 0.25) is 0 Å². The van der Waals surface area contributed by atoms with Crippen molar-refractivity contribution in [3.63, 3.8) is 0 Å². The number of hydrogen-bond acceptors (Lipinski definition) is 5. The number of nitrogens with zero attached hydrogens (tertiary/aromatic N) is 3. The lowest BCUT2D eigenvalue weighted by molar-refractivity contribution is -0.387. The van der Waals surface area contributed by atoms with Gasteiger partial charge in [-0.05, 0) is 29.5 Å². The molecule has 0 aromatic heterocycles. The Labute approximate surface area is 192 Å². The molecule has 0 unspecified atom stereocenters. The molecule has 0 radical (unpaired) electrons. The second-order valence-electron chi connectivity index (χ2n) is 7.70. The maximum atomic E-state index is 13.1. The van der Waals surface area contributed by atoms with E-state index in [2.05, 4.69) is 53.4 Å². The normalized spacial score (nSPS) is 14.5. The minimum absolute atomic E-state index is 0.0183. The number of piperazine rings is 1. The zero-order chi connectivity index (χ0) is 22.5. The smallest absolute Gasteiger partial charge is 0.283 e. The fourth-order valence-corrected chi connectivity index (χ4v) is 4.76. The van der Waals surface area contributed by atoms with Crippen molar-refractivity contribution < 1.29 is 9.72 Å². The summed E-state index contributed by atoms with van der Waals surface area (Å²) in [5.41, 5.74) is 2.80. The quantitative estimate of drug-likeness (QED) is 0.307. The summed E-state index contributed by atoms with van der Waals surface area (Å²) in [5, 5.41) is 11.4. The standard InChI is InChI=1S/C25H25N3O3S/c1-32-23-13-12-21(18-22(23)28(30)31)25(29)27-16-14-26(15-17-27)24(19-8-4-2-5-9-19)20-10-6-3-7-11-20/h2-13,18,24H,14-17H2,1H3. The Balaban J connectivity index is 1.51. The van der Waals surface area contributed by atoms with E-state index in [4.69, 9.17) is 0 Å². The molecule has 3 aromatic carbocycles. The number of rotatable bonds is 6. The van der Waals surface area contributed by atoms with Gasteiger partial charge in [0, 0.05) is 37.8 Å². The summed E-state index contributed by atoms with van der Waals surface area (Å²) in [5.74, 6) is -0.156. The van der Waals surface area contributed by atoms with Crippen LogP contribution in [0.5, 0.6) is 0 Å². The number of carbonyl (C=O) groups excluding carboxylic acids is 1. The van der Waals surface area contributed by atoms with E-state index in [0.717, 1.165) is 13.1 Å². The van der Waals surface area contributed by atoms with E-state index in [9.17, 15) is 14.9 Å². The molecule has 1 fully saturated rings. The van der Waals surface area contributed by atoms with Gasteiger partial charge in [-0.15, -0.1) is 11.8 Å². The summed E-state index contributed by atoms with van der Waals surface area (Å²) < 4.78 is 0. The molecule has 0 bridgehead atoms. The molecular formula is C25H25N3O3S. The monoisotopic (exact) mass is 447 g/mol. The average molecular weight is 448 g/mol. The molecule has 1 aliphatic rings. The Morgan fingerprint density at radius 1 is 0.906 bits per heavy atom. The van der Waals surface area contributed by atoms with E-state index in [1.54, 1.807) is 23.3 Å². The van der Waals surface area contributed by atoms with Gasteiger partial charge in [-0.2, -0.15) is 0 Å². The molecule has 4 rings (SSSR count). The van der Waals surface area contributed by atoms with Crippen LogP contribution in [0.3, 0.4) is 0 Å². The SMILES string of the molecule is CSc1ccc(C(=O)N2CCN(C(c3ccccc3)c3ccccc3)CC2)cc1[N+](=O)[O-]. The van der Waals surface area contributed by atoms with Gasteiger partial charge >= 0.3 is 0 Å². The fraction of sp³-hybridized carbons (Fsp3) is 0.240. The van der Waals surface area contributed by atoms with Crippen LogP contribution in [0.25, 0.3) is 0 Å². The molecule has 164 valence electrons. The Kier molecular flexibility index (Phi) is 6.87. The van der Waals surface area contributed by atoms with Gasteiger partial charge in [-0.1, -0.05) is 60.7 Å². The summed E-state index contributed by atoms with van der Waals surface area (Å²) in [6.45, 7) is 2.61. The molecule has 1 amide bonds. The van der Waals surface area contributed by atoms with Crippen molar-refractivity contribution in [1.29, 1.82) is 0 Å². The summed E-state index contributed by atoms with van der Waals surface area (Å²) in [7, 11) is 0. The molecule has 0 aliphatic carbocycles. The minimum atomic E-state index is -0.426. The highest BCUT2D eigenvalue weighted by Crippen LogP contribution is 2.31. The number of benzene rings is 3. The molecule has 7 heteroatoms. The molecule has 3 aromatic rings. The Hall–Kier alpha value is -3.16. The van der Waals surface area contributed by atoms with E-state index < -0.39 is 4.92 Å². The van der Waals surface area contributed by atoms with Crippen molar-refractivity contribution in [2.75, 3.05) is 32.4 Å². The van der Waals surface area contributed by atoms with E-state index in [-0.39, 0.29) is 17.6 Å². The lowest BCUT2D eigenvalue weighted by Crippen LogP contribution is -2.49. The van der Waals surface area contributed by atoms with Gasteiger partial charge in [-0.25, -0.2) is 0 Å².